The van der Waals surface area contributed by atoms with Gasteiger partial charge in [0.25, 0.3) is 11.9 Å². The molecule has 20 heavy (non-hydrogen) atoms. The van der Waals surface area contributed by atoms with Gasteiger partial charge in [-0.3, -0.25) is 0 Å². The molecule has 0 amide bonds. The molecule has 2 aromatic rings. The number of halogens is 4. The number of hydrogen-bond donors (Lipinski definition) is 1. The molecule has 0 bridgehead atoms. The third kappa shape index (κ3) is 2.40. The lowest BCUT2D eigenvalue weighted by atomic mass is 10.1. The summed E-state index contributed by atoms with van der Waals surface area (Å²) in [6.07, 6.45) is 0. The van der Waals surface area contributed by atoms with Gasteiger partial charge in [-0.05, 0) is 24.6 Å². The van der Waals surface area contributed by atoms with Crippen molar-refractivity contribution in [3.8, 4) is 6.07 Å². The molecule has 1 aromatic heterocycles. The van der Waals surface area contributed by atoms with E-state index in [0.29, 0.717) is 5.56 Å². The molecule has 3 nitrogen and oxygen atoms in total. The van der Waals surface area contributed by atoms with Gasteiger partial charge in [0.1, 0.15) is 5.69 Å². The quantitative estimate of drug-likeness (QED) is 0.676. The van der Waals surface area contributed by atoms with Crippen molar-refractivity contribution in [2.45, 2.75) is 6.92 Å². The number of nitriles is 1. The van der Waals surface area contributed by atoms with Gasteiger partial charge in [0.05, 0.1) is 11.6 Å². The van der Waals surface area contributed by atoms with E-state index in [9.17, 15) is 17.6 Å². The van der Waals surface area contributed by atoms with Gasteiger partial charge in [-0.25, -0.2) is 0 Å². The number of aromatic nitrogens is 1. The summed E-state index contributed by atoms with van der Waals surface area (Å²) >= 11 is 0. The van der Waals surface area contributed by atoms with Gasteiger partial charge in [0.2, 0.25) is 11.6 Å². The molecule has 0 atom stereocenters. The number of nitrogens with zero attached hydrogens (tertiary/aromatic N) is 2. The Bertz CT molecular complexity index is 696. The minimum atomic E-state index is -1.75. The van der Waals surface area contributed by atoms with Crippen LogP contribution in [0, 0.1) is 41.8 Å². The highest BCUT2D eigenvalue weighted by Gasteiger charge is 2.21. The van der Waals surface area contributed by atoms with E-state index in [-0.39, 0.29) is 11.3 Å². The number of aryl methyl sites for hydroxylation is 1. The molecule has 0 unspecified atom stereocenters. The van der Waals surface area contributed by atoms with Crippen molar-refractivity contribution in [1.29, 1.82) is 5.26 Å². The second-order valence-electron chi connectivity index (χ2n) is 3.96. The highest BCUT2D eigenvalue weighted by molar-refractivity contribution is 5.65. The lowest BCUT2D eigenvalue weighted by molar-refractivity contribution is 0.411. The van der Waals surface area contributed by atoms with Crippen LogP contribution >= 0.6 is 0 Å². The van der Waals surface area contributed by atoms with Gasteiger partial charge in [-0.2, -0.15) is 27.8 Å². The molecule has 2 rings (SSSR count). The highest BCUT2D eigenvalue weighted by Crippen LogP contribution is 2.28. The van der Waals surface area contributed by atoms with Crippen LogP contribution in [0.5, 0.6) is 0 Å². The SMILES string of the molecule is Cc1ccc(C#N)cc1Nc1c(F)c(F)nc(F)c1F. The molecule has 102 valence electrons. The Morgan fingerprint density at radius 1 is 1.10 bits per heavy atom. The van der Waals surface area contributed by atoms with E-state index in [0.717, 1.165) is 0 Å². The Morgan fingerprint density at radius 3 is 2.25 bits per heavy atom. The lowest BCUT2D eigenvalue weighted by Gasteiger charge is -2.12. The molecule has 0 aliphatic rings. The molecular formula is C13H7F4N3. The second-order valence-corrected chi connectivity index (χ2v) is 3.96. The van der Waals surface area contributed by atoms with Crippen molar-refractivity contribution in [2.24, 2.45) is 0 Å². The third-order valence-corrected chi connectivity index (χ3v) is 2.62. The fraction of sp³-hybridized carbons (Fsp3) is 0.0769. The van der Waals surface area contributed by atoms with Crippen LogP contribution in [0.2, 0.25) is 0 Å². The van der Waals surface area contributed by atoms with E-state index in [2.05, 4.69) is 10.3 Å². The van der Waals surface area contributed by atoms with Crippen molar-refractivity contribution in [2.75, 3.05) is 5.32 Å². The molecule has 0 radical (unpaired) electrons. The summed E-state index contributed by atoms with van der Waals surface area (Å²) in [5.41, 5.74) is -0.0608. The number of nitrogens with one attached hydrogen (secondary N) is 1. The Kier molecular flexibility index (Phi) is 3.57. The average molecular weight is 281 g/mol. The van der Waals surface area contributed by atoms with Crippen LogP contribution < -0.4 is 5.32 Å². The Hall–Kier alpha value is -2.62. The summed E-state index contributed by atoms with van der Waals surface area (Å²) in [5, 5.41) is 11.0. The molecule has 1 N–H and O–H groups in total. The largest absolute Gasteiger partial charge is 0.350 e. The minimum Gasteiger partial charge on any atom is -0.350 e. The van der Waals surface area contributed by atoms with Crippen molar-refractivity contribution in [3.63, 3.8) is 0 Å². The number of hydrogen-bond acceptors (Lipinski definition) is 3. The predicted octanol–water partition coefficient (Wildman–Crippen LogP) is 3.56. The first-order chi connectivity index (χ1) is 9.43. The van der Waals surface area contributed by atoms with Gasteiger partial charge >= 0.3 is 0 Å². The van der Waals surface area contributed by atoms with Crippen LogP contribution in [-0.4, -0.2) is 4.98 Å². The average Bonchev–Trinajstić information content (AvgIpc) is 2.43. The zero-order valence-electron chi connectivity index (χ0n) is 10.1. The molecule has 0 spiro atoms. The lowest BCUT2D eigenvalue weighted by Crippen LogP contribution is -2.06. The normalized spacial score (nSPS) is 10.2. The van der Waals surface area contributed by atoms with Gasteiger partial charge < -0.3 is 5.32 Å². The van der Waals surface area contributed by atoms with Crippen molar-refractivity contribution in [1.82, 2.24) is 4.98 Å². The smallest absolute Gasteiger partial charge is 0.253 e. The Balaban J connectivity index is 2.53. The Labute approximate surface area is 111 Å². The first-order valence-corrected chi connectivity index (χ1v) is 5.41. The van der Waals surface area contributed by atoms with Crippen LogP contribution in [0.3, 0.4) is 0 Å². The maximum Gasteiger partial charge on any atom is 0.253 e. The van der Waals surface area contributed by atoms with E-state index < -0.39 is 29.2 Å². The number of rotatable bonds is 2. The monoisotopic (exact) mass is 281 g/mol. The summed E-state index contributed by atoms with van der Waals surface area (Å²) in [7, 11) is 0. The van der Waals surface area contributed by atoms with Gasteiger partial charge in [-0.15, -0.1) is 0 Å². The molecule has 7 heteroatoms. The van der Waals surface area contributed by atoms with Crippen LogP contribution in [0.25, 0.3) is 0 Å². The van der Waals surface area contributed by atoms with Crippen LogP contribution in [-0.2, 0) is 0 Å². The Morgan fingerprint density at radius 2 is 1.70 bits per heavy atom. The molecule has 0 fully saturated rings. The van der Waals surface area contributed by atoms with E-state index in [4.69, 9.17) is 5.26 Å². The highest BCUT2D eigenvalue weighted by atomic mass is 19.2. The summed E-state index contributed by atoms with van der Waals surface area (Å²) in [5.74, 6) is -6.77. The van der Waals surface area contributed by atoms with Crippen LogP contribution in [0.1, 0.15) is 11.1 Å². The standard InChI is InChI=1S/C13H7F4N3/c1-6-2-3-7(5-18)4-8(6)19-11-9(14)12(16)20-13(17)10(11)15/h2-4H,1H3,(H,19,20). The molecule has 0 saturated carbocycles. The molecule has 1 heterocycles. The van der Waals surface area contributed by atoms with Crippen LogP contribution in [0.15, 0.2) is 18.2 Å². The van der Waals surface area contributed by atoms with Crippen molar-refractivity contribution >= 4 is 11.4 Å². The predicted molar refractivity (Wildman–Crippen MR) is 63.2 cm³/mol. The van der Waals surface area contributed by atoms with Gasteiger partial charge in [0.15, 0.2) is 0 Å². The maximum absolute atomic E-state index is 13.5. The topological polar surface area (TPSA) is 48.7 Å². The fourth-order valence-electron chi connectivity index (χ4n) is 1.56. The molecular weight excluding hydrogens is 274 g/mol. The van der Waals surface area contributed by atoms with E-state index in [1.807, 2.05) is 6.07 Å². The minimum absolute atomic E-state index is 0.159. The third-order valence-electron chi connectivity index (χ3n) is 2.62. The van der Waals surface area contributed by atoms with Gasteiger partial charge in [0, 0.05) is 5.69 Å². The molecule has 0 saturated heterocycles. The first kappa shape index (κ1) is 13.8. The first-order valence-electron chi connectivity index (χ1n) is 5.41. The zero-order chi connectivity index (χ0) is 14.9. The van der Waals surface area contributed by atoms with E-state index >= 15 is 0 Å². The van der Waals surface area contributed by atoms with Crippen molar-refractivity contribution in [3.05, 3.63) is 52.9 Å². The number of benzene rings is 1. The second kappa shape index (κ2) is 5.17. The molecule has 0 aliphatic heterocycles. The zero-order valence-corrected chi connectivity index (χ0v) is 10.1. The van der Waals surface area contributed by atoms with Gasteiger partial charge in [-0.1, -0.05) is 6.07 Å². The number of anilines is 2. The number of pyridine rings is 1. The van der Waals surface area contributed by atoms with E-state index in [1.165, 1.54) is 18.2 Å². The van der Waals surface area contributed by atoms with Crippen LogP contribution in [0.4, 0.5) is 28.9 Å². The summed E-state index contributed by atoms with van der Waals surface area (Å²) in [4.78, 5) is 2.46. The van der Waals surface area contributed by atoms with Crippen molar-refractivity contribution < 1.29 is 17.6 Å². The summed E-state index contributed by atoms with van der Waals surface area (Å²) < 4.78 is 52.9. The maximum atomic E-state index is 13.5. The fourth-order valence-corrected chi connectivity index (χ4v) is 1.56. The summed E-state index contributed by atoms with van der Waals surface area (Å²) in [6, 6.07) is 6.19. The van der Waals surface area contributed by atoms with E-state index in [1.54, 1.807) is 6.92 Å². The summed E-state index contributed by atoms with van der Waals surface area (Å²) in [6.45, 7) is 1.60. The molecule has 0 aliphatic carbocycles. The molecule has 1 aromatic carbocycles.